The first-order chi connectivity index (χ1) is 8.86. The summed E-state index contributed by atoms with van der Waals surface area (Å²) in [5, 5.41) is 2.54. The molecule has 0 saturated heterocycles. The molecular formula is C11H16FN3O3S. The third-order valence-corrected chi connectivity index (χ3v) is 3.75. The Bertz CT molecular complexity index is 560. The highest BCUT2D eigenvalue weighted by molar-refractivity contribution is 7.89. The van der Waals surface area contributed by atoms with Crippen LogP contribution in [-0.4, -0.2) is 27.4 Å². The van der Waals surface area contributed by atoms with Gasteiger partial charge in [0.25, 0.3) is 0 Å². The van der Waals surface area contributed by atoms with Gasteiger partial charge in [-0.05, 0) is 25.1 Å². The van der Waals surface area contributed by atoms with E-state index in [1.165, 1.54) is 0 Å². The minimum absolute atomic E-state index is 0.0315. The van der Waals surface area contributed by atoms with Crippen molar-refractivity contribution in [3.8, 4) is 0 Å². The molecule has 0 radical (unpaired) electrons. The molecule has 1 rings (SSSR count). The number of carbonyl (C=O) groups is 1. The van der Waals surface area contributed by atoms with Gasteiger partial charge < -0.3 is 11.1 Å². The molecule has 0 aliphatic carbocycles. The number of nitrogens with one attached hydrogen (secondary N) is 2. The molecule has 0 bridgehead atoms. The highest BCUT2D eigenvalue weighted by Crippen LogP contribution is 2.16. The van der Waals surface area contributed by atoms with Gasteiger partial charge in [0, 0.05) is 19.5 Å². The van der Waals surface area contributed by atoms with E-state index in [-0.39, 0.29) is 29.5 Å². The van der Waals surface area contributed by atoms with Crippen LogP contribution in [0.15, 0.2) is 23.1 Å². The van der Waals surface area contributed by atoms with E-state index in [4.69, 9.17) is 5.73 Å². The number of anilines is 1. The molecule has 0 heterocycles. The van der Waals surface area contributed by atoms with E-state index >= 15 is 0 Å². The van der Waals surface area contributed by atoms with Gasteiger partial charge in [0.1, 0.15) is 5.82 Å². The van der Waals surface area contributed by atoms with Gasteiger partial charge in [0.15, 0.2) is 0 Å². The normalized spacial score (nSPS) is 11.3. The van der Waals surface area contributed by atoms with Crippen LogP contribution in [0, 0.1) is 5.82 Å². The summed E-state index contributed by atoms with van der Waals surface area (Å²) in [7, 11) is -3.79. The van der Waals surface area contributed by atoms with Gasteiger partial charge in [0.2, 0.25) is 15.9 Å². The molecule has 6 nitrogen and oxygen atoms in total. The van der Waals surface area contributed by atoms with Crippen LogP contribution >= 0.6 is 0 Å². The molecular weight excluding hydrogens is 273 g/mol. The van der Waals surface area contributed by atoms with Crippen molar-refractivity contribution in [3.05, 3.63) is 24.0 Å². The molecule has 1 amide bonds. The number of hydrogen-bond donors (Lipinski definition) is 3. The predicted molar refractivity (Wildman–Crippen MR) is 69.3 cm³/mol. The first-order valence-electron chi connectivity index (χ1n) is 5.68. The SMILES string of the molecule is CCNC(=O)CCNS(=O)(=O)c1ccc(F)c(N)c1. The third kappa shape index (κ3) is 4.49. The summed E-state index contributed by atoms with van der Waals surface area (Å²) in [6, 6.07) is 3.12. The zero-order valence-corrected chi connectivity index (χ0v) is 11.3. The Labute approximate surface area is 111 Å². The Balaban J connectivity index is 2.66. The second kappa shape index (κ2) is 6.48. The van der Waals surface area contributed by atoms with Crippen molar-refractivity contribution in [1.82, 2.24) is 10.0 Å². The number of nitrogen functional groups attached to an aromatic ring is 1. The molecule has 0 spiro atoms. The molecule has 0 fully saturated rings. The molecule has 106 valence electrons. The largest absolute Gasteiger partial charge is 0.396 e. The van der Waals surface area contributed by atoms with E-state index in [1.807, 2.05) is 0 Å². The van der Waals surface area contributed by atoms with Gasteiger partial charge in [-0.15, -0.1) is 0 Å². The molecule has 1 aromatic carbocycles. The molecule has 19 heavy (non-hydrogen) atoms. The van der Waals surface area contributed by atoms with E-state index in [2.05, 4.69) is 10.0 Å². The Morgan fingerprint density at radius 3 is 2.68 bits per heavy atom. The lowest BCUT2D eigenvalue weighted by molar-refractivity contribution is -0.120. The van der Waals surface area contributed by atoms with E-state index < -0.39 is 15.8 Å². The zero-order valence-electron chi connectivity index (χ0n) is 10.4. The van der Waals surface area contributed by atoms with Crippen molar-refractivity contribution in [2.24, 2.45) is 0 Å². The smallest absolute Gasteiger partial charge is 0.240 e. The maximum Gasteiger partial charge on any atom is 0.240 e. The van der Waals surface area contributed by atoms with Crippen molar-refractivity contribution in [2.75, 3.05) is 18.8 Å². The number of sulfonamides is 1. The lowest BCUT2D eigenvalue weighted by Gasteiger charge is -2.07. The highest BCUT2D eigenvalue weighted by atomic mass is 32.2. The van der Waals surface area contributed by atoms with E-state index in [1.54, 1.807) is 6.92 Å². The molecule has 0 saturated carbocycles. The van der Waals surface area contributed by atoms with Crippen LogP contribution in [0.4, 0.5) is 10.1 Å². The fourth-order valence-corrected chi connectivity index (χ4v) is 2.42. The van der Waals surface area contributed by atoms with Gasteiger partial charge in [-0.3, -0.25) is 4.79 Å². The van der Waals surface area contributed by atoms with E-state index in [0.29, 0.717) is 6.54 Å². The van der Waals surface area contributed by atoms with Crippen LogP contribution in [0.2, 0.25) is 0 Å². The van der Waals surface area contributed by atoms with Crippen molar-refractivity contribution < 1.29 is 17.6 Å². The molecule has 8 heteroatoms. The lowest BCUT2D eigenvalue weighted by Crippen LogP contribution is -2.30. The highest BCUT2D eigenvalue weighted by Gasteiger charge is 2.15. The van der Waals surface area contributed by atoms with Crippen LogP contribution in [0.1, 0.15) is 13.3 Å². The number of carbonyl (C=O) groups excluding carboxylic acids is 1. The number of nitrogens with two attached hydrogens (primary N) is 1. The van der Waals surface area contributed by atoms with Crippen LogP contribution in [0.3, 0.4) is 0 Å². The molecule has 0 aliphatic rings. The summed E-state index contributed by atoms with van der Waals surface area (Å²) in [6.45, 7) is 2.22. The lowest BCUT2D eigenvalue weighted by atomic mass is 10.3. The first kappa shape index (κ1) is 15.4. The van der Waals surface area contributed by atoms with Crippen LogP contribution < -0.4 is 15.8 Å². The van der Waals surface area contributed by atoms with Gasteiger partial charge in [-0.2, -0.15) is 0 Å². The van der Waals surface area contributed by atoms with Gasteiger partial charge in [0.05, 0.1) is 10.6 Å². The Morgan fingerprint density at radius 2 is 2.11 bits per heavy atom. The predicted octanol–water partition coefficient (Wildman–Crippen LogP) is 0.212. The molecule has 0 atom stereocenters. The molecule has 0 aromatic heterocycles. The van der Waals surface area contributed by atoms with Crippen molar-refractivity contribution in [1.29, 1.82) is 0 Å². The summed E-state index contributed by atoms with van der Waals surface area (Å²) in [4.78, 5) is 11.0. The van der Waals surface area contributed by atoms with Crippen LogP contribution in [0.5, 0.6) is 0 Å². The Morgan fingerprint density at radius 1 is 1.42 bits per heavy atom. The van der Waals surface area contributed by atoms with Crippen LogP contribution in [0.25, 0.3) is 0 Å². The summed E-state index contributed by atoms with van der Waals surface area (Å²) in [5.41, 5.74) is 5.06. The second-order valence-electron chi connectivity index (χ2n) is 3.78. The Hall–Kier alpha value is -1.67. The Kier molecular flexibility index (Phi) is 5.25. The average molecular weight is 289 g/mol. The van der Waals surface area contributed by atoms with Gasteiger partial charge in [-0.25, -0.2) is 17.5 Å². The molecule has 0 unspecified atom stereocenters. The minimum Gasteiger partial charge on any atom is -0.396 e. The van der Waals surface area contributed by atoms with Crippen LogP contribution in [-0.2, 0) is 14.8 Å². The summed E-state index contributed by atoms with van der Waals surface area (Å²) in [6.07, 6.45) is 0.0315. The second-order valence-corrected chi connectivity index (χ2v) is 5.55. The fraction of sp³-hybridized carbons (Fsp3) is 0.364. The number of halogens is 1. The average Bonchev–Trinajstić information content (AvgIpc) is 2.32. The van der Waals surface area contributed by atoms with Gasteiger partial charge in [-0.1, -0.05) is 0 Å². The number of benzene rings is 1. The quantitative estimate of drug-likeness (QED) is 0.652. The number of amides is 1. The maximum absolute atomic E-state index is 12.9. The van der Waals surface area contributed by atoms with Crippen molar-refractivity contribution in [3.63, 3.8) is 0 Å². The molecule has 1 aromatic rings. The number of hydrogen-bond acceptors (Lipinski definition) is 4. The monoisotopic (exact) mass is 289 g/mol. The first-order valence-corrected chi connectivity index (χ1v) is 7.16. The minimum atomic E-state index is -3.79. The van der Waals surface area contributed by atoms with Crippen molar-refractivity contribution >= 4 is 21.6 Å². The standard InChI is InChI=1S/C11H16FN3O3S/c1-2-14-11(16)5-6-15-19(17,18)8-3-4-9(12)10(13)7-8/h3-4,7,15H,2,5-6,13H2,1H3,(H,14,16). The maximum atomic E-state index is 12.9. The van der Waals surface area contributed by atoms with E-state index in [0.717, 1.165) is 18.2 Å². The summed E-state index contributed by atoms with van der Waals surface area (Å²) < 4.78 is 38.8. The fourth-order valence-electron chi connectivity index (χ4n) is 1.36. The zero-order chi connectivity index (χ0) is 14.5. The topological polar surface area (TPSA) is 101 Å². The van der Waals surface area contributed by atoms with E-state index in [9.17, 15) is 17.6 Å². The summed E-state index contributed by atoms with van der Waals surface area (Å²) >= 11 is 0. The molecule has 0 aliphatic heterocycles. The third-order valence-electron chi connectivity index (χ3n) is 2.30. The number of rotatable bonds is 6. The molecule has 4 N–H and O–H groups in total. The van der Waals surface area contributed by atoms with Gasteiger partial charge >= 0.3 is 0 Å². The van der Waals surface area contributed by atoms with Crippen molar-refractivity contribution in [2.45, 2.75) is 18.2 Å². The summed E-state index contributed by atoms with van der Waals surface area (Å²) in [5.74, 6) is -0.926.